The summed E-state index contributed by atoms with van der Waals surface area (Å²) in [5, 5.41) is 0. The SMILES string of the molecule is CC1(c2ccc(Br)cn2)OCCO1. The molecule has 0 bridgehead atoms. The van der Waals surface area contributed by atoms with E-state index in [1.54, 1.807) is 6.20 Å². The molecule has 13 heavy (non-hydrogen) atoms. The summed E-state index contributed by atoms with van der Waals surface area (Å²) < 4.78 is 11.9. The van der Waals surface area contributed by atoms with Gasteiger partial charge in [-0.1, -0.05) is 0 Å². The van der Waals surface area contributed by atoms with Gasteiger partial charge in [0.05, 0.1) is 18.9 Å². The van der Waals surface area contributed by atoms with Crippen LogP contribution in [0.5, 0.6) is 0 Å². The van der Waals surface area contributed by atoms with Crippen LogP contribution in [0.1, 0.15) is 12.6 Å². The predicted octanol–water partition coefficient (Wildman–Crippen LogP) is 2.06. The first-order valence-electron chi connectivity index (χ1n) is 4.11. The Kier molecular flexibility index (Phi) is 2.36. The summed E-state index contributed by atoms with van der Waals surface area (Å²) in [5.74, 6) is -0.652. The molecule has 1 aromatic heterocycles. The Labute approximate surface area is 85.2 Å². The van der Waals surface area contributed by atoms with Crippen LogP contribution in [0.25, 0.3) is 0 Å². The topological polar surface area (TPSA) is 31.4 Å². The lowest BCUT2D eigenvalue weighted by atomic mass is 10.2. The third kappa shape index (κ3) is 1.75. The minimum atomic E-state index is -0.652. The Morgan fingerprint density at radius 3 is 2.62 bits per heavy atom. The highest BCUT2D eigenvalue weighted by Crippen LogP contribution is 2.29. The van der Waals surface area contributed by atoms with E-state index >= 15 is 0 Å². The van der Waals surface area contributed by atoms with Gasteiger partial charge in [-0.2, -0.15) is 0 Å². The Morgan fingerprint density at radius 1 is 1.38 bits per heavy atom. The van der Waals surface area contributed by atoms with Crippen molar-refractivity contribution in [1.29, 1.82) is 0 Å². The predicted molar refractivity (Wildman–Crippen MR) is 51.2 cm³/mol. The third-order valence-corrected chi connectivity index (χ3v) is 2.50. The van der Waals surface area contributed by atoms with Gasteiger partial charge in [0.1, 0.15) is 0 Å². The van der Waals surface area contributed by atoms with Crippen molar-refractivity contribution in [2.24, 2.45) is 0 Å². The van der Waals surface area contributed by atoms with Crippen molar-refractivity contribution in [3.8, 4) is 0 Å². The van der Waals surface area contributed by atoms with Crippen LogP contribution in [0, 0.1) is 0 Å². The maximum absolute atomic E-state index is 5.47. The Bertz CT molecular complexity index is 293. The molecule has 0 spiro atoms. The minimum Gasteiger partial charge on any atom is -0.342 e. The highest BCUT2D eigenvalue weighted by Gasteiger charge is 2.34. The van der Waals surface area contributed by atoms with Gasteiger partial charge >= 0.3 is 0 Å². The van der Waals surface area contributed by atoms with Crippen molar-refractivity contribution < 1.29 is 9.47 Å². The Balaban J connectivity index is 2.29. The quantitative estimate of drug-likeness (QED) is 0.757. The van der Waals surface area contributed by atoms with Crippen LogP contribution in [0.4, 0.5) is 0 Å². The maximum atomic E-state index is 5.47. The number of hydrogen-bond acceptors (Lipinski definition) is 3. The first-order valence-corrected chi connectivity index (χ1v) is 4.90. The molecule has 1 saturated heterocycles. The van der Waals surface area contributed by atoms with E-state index in [1.807, 2.05) is 19.1 Å². The van der Waals surface area contributed by atoms with Crippen LogP contribution in [-0.2, 0) is 15.3 Å². The second-order valence-corrected chi connectivity index (χ2v) is 3.92. The lowest BCUT2D eigenvalue weighted by Gasteiger charge is -2.21. The highest BCUT2D eigenvalue weighted by molar-refractivity contribution is 9.10. The maximum Gasteiger partial charge on any atom is 0.209 e. The molecule has 0 atom stereocenters. The molecule has 0 N–H and O–H groups in total. The third-order valence-electron chi connectivity index (χ3n) is 2.03. The fourth-order valence-electron chi connectivity index (χ4n) is 1.31. The fraction of sp³-hybridized carbons (Fsp3) is 0.444. The number of pyridine rings is 1. The first-order chi connectivity index (χ1) is 6.21. The number of rotatable bonds is 1. The standard InChI is InChI=1S/C9H10BrNO2/c1-9(12-4-5-13-9)8-3-2-7(10)6-11-8/h2-3,6H,4-5H2,1H3. The molecule has 1 aromatic rings. The summed E-state index contributed by atoms with van der Waals surface area (Å²) in [6.07, 6.45) is 1.74. The van der Waals surface area contributed by atoms with Crippen LogP contribution in [0.15, 0.2) is 22.8 Å². The van der Waals surface area contributed by atoms with Crippen molar-refractivity contribution in [2.45, 2.75) is 12.7 Å². The van der Waals surface area contributed by atoms with Gasteiger partial charge in [0, 0.05) is 10.7 Å². The second-order valence-electron chi connectivity index (χ2n) is 3.00. The van der Waals surface area contributed by atoms with Crippen molar-refractivity contribution in [3.05, 3.63) is 28.5 Å². The van der Waals surface area contributed by atoms with Crippen LogP contribution in [0.2, 0.25) is 0 Å². The van der Waals surface area contributed by atoms with E-state index in [0.29, 0.717) is 13.2 Å². The van der Waals surface area contributed by atoms with Gasteiger partial charge in [-0.3, -0.25) is 4.98 Å². The van der Waals surface area contributed by atoms with Gasteiger partial charge in [-0.25, -0.2) is 0 Å². The summed E-state index contributed by atoms with van der Waals surface area (Å²) in [6.45, 7) is 3.15. The van der Waals surface area contributed by atoms with Crippen LogP contribution in [0.3, 0.4) is 0 Å². The zero-order valence-electron chi connectivity index (χ0n) is 7.29. The van der Waals surface area contributed by atoms with E-state index in [1.165, 1.54) is 0 Å². The molecule has 1 fully saturated rings. The van der Waals surface area contributed by atoms with Gasteiger partial charge in [0.15, 0.2) is 0 Å². The van der Waals surface area contributed by atoms with E-state index in [9.17, 15) is 0 Å². The van der Waals surface area contributed by atoms with Crippen LogP contribution < -0.4 is 0 Å². The molecule has 0 aromatic carbocycles. The molecule has 0 amide bonds. The summed E-state index contributed by atoms with van der Waals surface area (Å²) in [4.78, 5) is 4.24. The second kappa shape index (κ2) is 3.36. The van der Waals surface area contributed by atoms with Gasteiger partial charge in [0.25, 0.3) is 0 Å². The molecule has 0 saturated carbocycles. The molecule has 0 aliphatic carbocycles. The summed E-state index contributed by atoms with van der Waals surface area (Å²) in [6, 6.07) is 3.83. The largest absolute Gasteiger partial charge is 0.342 e. The molecule has 70 valence electrons. The van der Waals surface area contributed by atoms with Gasteiger partial charge < -0.3 is 9.47 Å². The fourth-order valence-corrected chi connectivity index (χ4v) is 1.54. The number of halogens is 1. The van der Waals surface area contributed by atoms with E-state index in [0.717, 1.165) is 10.2 Å². The molecule has 1 aliphatic rings. The van der Waals surface area contributed by atoms with Crippen molar-refractivity contribution in [1.82, 2.24) is 4.98 Å². The van der Waals surface area contributed by atoms with Crippen molar-refractivity contribution >= 4 is 15.9 Å². The zero-order chi connectivity index (χ0) is 9.31. The highest BCUT2D eigenvalue weighted by atomic mass is 79.9. The summed E-state index contributed by atoms with van der Waals surface area (Å²) in [5.41, 5.74) is 0.813. The van der Waals surface area contributed by atoms with E-state index < -0.39 is 5.79 Å². The van der Waals surface area contributed by atoms with Crippen LogP contribution in [-0.4, -0.2) is 18.2 Å². The van der Waals surface area contributed by atoms with Gasteiger partial charge in [-0.15, -0.1) is 0 Å². The van der Waals surface area contributed by atoms with E-state index in [2.05, 4.69) is 20.9 Å². The van der Waals surface area contributed by atoms with E-state index in [-0.39, 0.29) is 0 Å². The molecule has 2 heterocycles. The Hall–Kier alpha value is -0.450. The number of hydrogen-bond donors (Lipinski definition) is 0. The van der Waals surface area contributed by atoms with Crippen LogP contribution >= 0.6 is 15.9 Å². The minimum absolute atomic E-state index is 0.633. The van der Waals surface area contributed by atoms with Gasteiger partial charge in [-0.05, 0) is 35.0 Å². The number of ether oxygens (including phenoxy) is 2. The van der Waals surface area contributed by atoms with Gasteiger partial charge in [0.2, 0.25) is 5.79 Å². The molecular weight excluding hydrogens is 234 g/mol. The molecule has 0 radical (unpaired) electrons. The summed E-state index contributed by atoms with van der Waals surface area (Å²) in [7, 11) is 0. The van der Waals surface area contributed by atoms with Crippen molar-refractivity contribution in [2.75, 3.05) is 13.2 Å². The van der Waals surface area contributed by atoms with Crippen molar-refractivity contribution in [3.63, 3.8) is 0 Å². The number of aromatic nitrogens is 1. The first kappa shape index (κ1) is 9.12. The lowest BCUT2D eigenvalue weighted by Crippen LogP contribution is -2.23. The molecule has 3 nitrogen and oxygen atoms in total. The smallest absolute Gasteiger partial charge is 0.209 e. The number of nitrogens with zero attached hydrogens (tertiary/aromatic N) is 1. The zero-order valence-corrected chi connectivity index (χ0v) is 8.87. The average Bonchev–Trinajstić information content (AvgIpc) is 2.54. The average molecular weight is 244 g/mol. The molecule has 4 heteroatoms. The molecule has 2 rings (SSSR count). The Morgan fingerprint density at radius 2 is 2.08 bits per heavy atom. The molecule has 0 unspecified atom stereocenters. The normalized spacial score (nSPS) is 20.5. The van der Waals surface area contributed by atoms with E-state index in [4.69, 9.17) is 9.47 Å². The lowest BCUT2D eigenvalue weighted by molar-refractivity contribution is -0.152. The molecular formula is C9H10BrNO2. The molecule has 1 aliphatic heterocycles. The monoisotopic (exact) mass is 243 g/mol. The summed E-state index contributed by atoms with van der Waals surface area (Å²) >= 11 is 3.33.